The molecule has 2 atom stereocenters. The van der Waals surface area contributed by atoms with Crippen molar-refractivity contribution in [3.05, 3.63) is 0 Å². The average Bonchev–Trinajstić information content (AvgIpc) is 2.73. The van der Waals surface area contributed by atoms with Crippen LogP contribution in [0.2, 0.25) is 0 Å². The summed E-state index contributed by atoms with van der Waals surface area (Å²) in [7, 11) is 0. The third-order valence-corrected chi connectivity index (χ3v) is 5.22. The molecular formula is C16H33N3. The normalized spacial score (nSPS) is 28.1. The standard InChI is InChI=1S/C16H33N3/c1-5-16(3,4)17-12-14(2)19-11-7-10-18-9-6-8-15(18)13-19/h14-15,17H,5-13H2,1-4H3. The molecule has 19 heavy (non-hydrogen) atoms. The van der Waals surface area contributed by atoms with E-state index in [4.69, 9.17) is 0 Å². The number of nitrogens with zero attached hydrogens (tertiary/aromatic N) is 2. The van der Waals surface area contributed by atoms with Gasteiger partial charge in [-0.05, 0) is 66.1 Å². The molecular weight excluding hydrogens is 234 g/mol. The Hall–Kier alpha value is -0.120. The van der Waals surface area contributed by atoms with Gasteiger partial charge in [0, 0.05) is 30.7 Å². The first-order valence-corrected chi connectivity index (χ1v) is 8.25. The molecule has 2 aliphatic heterocycles. The number of hydrogen-bond donors (Lipinski definition) is 1. The van der Waals surface area contributed by atoms with Crippen molar-refractivity contribution >= 4 is 0 Å². The summed E-state index contributed by atoms with van der Waals surface area (Å²) in [6.07, 6.45) is 5.36. The summed E-state index contributed by atoms with van der Waals surface area (Å²) in [5, 5.41) is 3.73. The summed E-state index contributed by atoms with van der Waals surface area (Å²) >= 11 is 0. The van der Waals surface area contributed by atoms with E-state index in [0.29, 0.717) is 6.04 Å². The van der Waals surface area contributed by atoms with Crippen molar-refractivity contribution in [2.45, 2.75) is 71.0 Å². The number of hydrogen-bond acceptors (Lipinski definition) is 3. The third kappa shape index (κ3) is 4.17. The molecule has 2 rings (SSSR count). The van der Waals surface area contributed by atoms with Crippen molar-refractivity contribution in [3.8, 4) is 0 Å². The highest BCUT2D eigenvalue weighted by atomic mass is 15.3. The van der Waals surface area contributed by atoms with Crippen LogP contribution >= 0.6 is 0 Å². The minimum atomic E-state index is 0.277. The highest BCUT2D eigenvalue weighted by molar-refractivity contribution is 4.87. The predicted octanol–water partition coefficient (Wildman–Crippen LogP) is 2.32. The first-order valence-electron chi connectivity index (χ1n) is 8.25. The molecule has 0 aromatic rings. The minimum Gasteiger partial charge on any atom is -0.310 e. The SMILES string of the molecule is CCC(C)(C)NCC(C)N1CCCN2CCCC2C1. The van der Waals surface area contributed by atoms with Gasteiger partial charge in [-0.15, -0.1) is 0 Å². The van der Waals surface area contributed by atoms with E-state index in [1.54, 1.807) is 0 Å². The molecule has 2 aliphatic rings. The molecule has 2 fully saturated rings. The van der Waals surface area contributed by atoms with E-state index in [9.17, 15) is 0 Å². The Labute approximate surface area is 119 Å². The monoisotopic (exact) mass is 267 g/mol. The first kappa shape index (κ1) is 15.3. The molecule has 3 heteroatoms. The number of nitrogens with one attached hydrogen (secondary N) is 1. The molecule has 0 aromatic carbocycles. The molecule has 2 heterocycles. The van der Waals surface area contributed by atoms with Crippen LogP contribution in [0.1, 0.15) is 53.4 Å². The van der Waals surface area contributed by atoms with E-state index >= 15 is 0 Å². The second-order valence-electron chi connectivity index (χ2n) is 7.15. The van der Waals surface area contributed by atoms with Gasteiger partial charge in [0.2, 0.25) is 0 Å². The Morgan fingerprint density at radius 1 is 1.21 bits per heavy atom. The molecule has 2 unspecified atom stereocenters. The van der Waals surface area contributed by atoms with E-state index in [0.717, 1.165) is 12.6 Å². The topological polar surface area (TPSA) is 18.5 Å². The van der Waals surface area contributed by atoms with Gasteiger partial charge in [-0.25, -0.2) is 0 Å². The van der Waals surface area contributed by atoms with Gasteiger partial charge in [-0.1, -0.05) is 6.92 Å². The Morgan fingerprint density at radius 2 is 1.95 bits per heavy atom. The van der Waals surface area contributed by atoms with Crippen molar-refractivity contribution in [2.75, 3.05) is 32.7 Å². The van der Waals surface area contributed by atoms with Crippen molar-refractivity contribution in [3.63, 3.8) is 0 Å². The fraction of sp³-hybridized carbons (Fsp3) is 1.00. The Kier molecular flexibility index (Phi) is 5.27. The lowest BCUT2D eigenvalue weighted by atomic mass is 10.0. The van der Waals surface area contributed by atoms with Gasteiger partial charge in [0.15, 0.2) is 0 Å². The maximum absolute atomic E-state index is 3.73. The predicted molar refractivity (Wildman–Crippen MR) is 82.6 cm³/mol. The van der Waals surface area contributed by atoms with Crippen LogP contribution in [0.3, 0.4) is 0 Å². The third-order valence-electron chi connectivity index (χ3n) is 5.22. The van der Waals surface area contributed by atoms with Gasteiger partial charge in [0.1, 0.15) is 0 Å². The van der Waals surface area contributed by atoms with Crippen molar-refractivity contribution < 1.29 is 0 Å². The summed E-state index contributed by atoms with van der Waals surface area (Å²) < 4.78 is 0. The lowest BCUT2D eigenvalue weighted by molar-refractivity contribution is 0.170. The lowest BCUT2D eigenvalue weighted by Crippen LogP contribution is -2.49. The summed E-state index contributed by atoms with van der Waals surface area (Å²) in [4.78, 5) is 5.44. The maximum atomic E-state index is 3.73. The lowest BCUT2D eigenvalue weighted by Gasteiger charge is -2.33. The van der Waals surface area contributed by atoms with Crippen LogP contribution in [0.15, 0.2) is 0 Å². The molecule has 0 spiro atoms. The van der Waals surface area contributed by atoms with Crippen LogP contribution in [0, 0.1) is 0 Å². The van der Waals surface area contributed by atoms with E-state index in [1.165, 1.54) is 51.9 Å². The zero-order valence-electron chi connectivity index (χ0n) is 13.4. The second kappa shape index (κ2) is 6.55. The zero-order chi connectivity index (χ0) is 13.9. The molecule has 0 aromatic heterocycles. The van der Waals surface area contributed by atoms with Crippen molar-refractivity contribution in [2.24, 2.45) is 0 Å². The Bertz CT molecular complexity index is 277. The van der Waals surface area contributed by atoms with E-state index in [2.05, 4.69) is 42.8 Å². The van der Waals surface area contributed by atoms with Crippen LogP contribution in [0.25, 0.3) is 0 Å². The van der Waals surface area contributed by atoms with Crippen molar-refractivity contribution in [1.29, 1.82) is 0 Å². The largest absolute Gasteiger partial charge is 0.310 e. The average molecular weight is 267 g/mol. The van der Waals surface area contributed by atoms with Gasteiger partial charge in [-0.2, -0.15) is 0 Å². The van der Waals surface area contributed by atoms with Crippen LogP contribution < -0.4 is 5.32 Å². The van der Waals surface area contributed by atoms with Crippen LogP contribution in [-0.2, 0) is 0 Å². The molecule has 0 aliphatic carbocycles. The molecule has 1 N–H and O–H groups in total. The van der Waals surface area contributed by atoms with Gasteiger partial charge < -0.3 is 5.32 Å². The zero-order valence-corrected chi connectivity index (χ0v) is 13.4. The highest BCUT2D eigenvalue weighted by Crippen LogP contribution is 2.22. The number of rotatable bonds is 5. The quantitative estimate of drug-likeness (QED) is 0.825. The van der Waals surface area contributed by atoms with E-state index < -0.39 is 0 Å². The summed E-state index contributed by atoms with van der Waals surface area (Å²) in [5.74, 6) is 0. The number of fused-ring (bicyclic) bond motifs is 1. The molecule has 3 nitrogen and oxygen atoms in total. The fourth-order valence-electron chi connectivity index (χ4n) is 3.31. The molecule has 0 radical (unpaired) electrons. The van der Waals surface area contributed by atoms with Gasteiger partial charge >= 0.3 is 0 Å². The smallest absolute Gasteiger partial charge is 0.0223 e. The molecule has 2 saturated heterocycles. The summed E-state index contributed by atoms with van der Waals surface area (Å²) in [5.41, 5.74) is 0.277. The fourth-order valence-corrected chi connectivity index (χ4v) is 3.31. The highest BCUT2D eigenvalue weighted by Gasteiger charge is 2.30. The molecule has 112 valence electrons. The van der Waals surface area contributed by atoms with E-state index in [1.807, 2.05) is 0 Å². The summed E-state index contributed by atoms with van der Waals surface area (Å²) in [6, 6.07) is 1.50. The van der Waals surface area contributed by atoms with Crippen LogP contribution in [0.5, 0.6) is 0 Å². The molecule has 0 saturated carbocycles. The second-order valence-corrected chi connectivity index (χ2v) is 7.15. The van der Waals surface area contributed by atoms with Crippen molar-refractivity contribution in [1.82, 2.24) is 15.1 Å². The van der Waals surface area contributed by atoms with Gasteiger partial charge in [0.05, 0.1) is 0 Å². The van der Waals surface area contributed by atoms with Gasteiger partial charge in [0.25, 0.3) is 0 Å². The summed E-state index contributed by atoms with van der Waals surface area (Å²) in [6.45, 7) is 15.6. The van der Waals surface area contributed by atoms with E-state index in [-0.39, 0.29) is 5.54 Å². The van der Waals surface area contributed by atoms with Gasteiger partial charge in [-0.3, -0.25) is 9.80 Å². The first-order chi connectivity index (χ1) is 9.02. The maximum Gasteiger partial charge on any atom is 0.0223 e. The Morgan fingerprint density at radius 3 is 2.68 bits per heavy atom. The molecule has 0 bridgehead atoms. The molecule has 0 amide bonds. The van der Waals surface area contributed by atoms with Crippen LogP contribution in [-0.4, -0.2) is 60.1 Å². The van der Waals surface area contributed by atoms with Crippen LogP contribution in [0.4, 0.5) is 0 Å². The minimum absolute atomic E-state index is 0.277. The Balaban J connectivity index is 1.82.